The Hall–Kier alpha value is -2.06. The molecule has 0 saturated carbocycles. The third-order valence-electron chi connectivity index (χ3n) is 3.97. The summed E-state index contributed by atoms with van der Waals surface area (Å²) >= 11 is 0. The fraction of sp³-hybridized carbons (Fsp3) is 0.375. The van der Waals surface area contributed by atoms with Crippen molar-refractivity contribution in [2.45, 2.75) is 38.6 Å². The fourth-order valence-corrected chi connectivity index (χ4v) is 3.10. The zero-order valence-electron chi connectivity index (χ0n) is 13.7. The molecule has 24 heavy (non-hydrogen) atoms. The fourth-order valence-electron chi connectivity index (χ4n) is 3.10. The Morgan fingerprint density at radius 3 is 2.50 bits per heavy atom. The lowest BCUT2D eigenvalue weighted by molar-refractivity contribution is -0.685. The first-order chi connectivity index (χ1) is 10.7. The van der Waals surface area contributed by atoms with E-state index < -0.39 is 10.6 Å². The molecule has 1 aromatic carbocycles. The van der Waals surface area contributed by atoms with Gasteiger partial charge in [-0.1, -0.05) is 4.98 Å². The van der Waals surface area contributed by atoms with Crippen LogP contribution in [0.1, 0.15) is 26.3 Å². The largest absolute Gasteiger partial charge is 1.00 e. The van der Waals surface area contributed by atoms with Gasteiger partial charge in [-0.05, 0) is 32.9 Å². The summed E-state index contributed by atoms with van der Waals surface area (Å²) < 4.78 is 1.88. The number of hydrogen-bond acceptors (Lipinski definition) is 5. The van der Waals surface area contributed by atoms with Gasteiger partial charge in [0, 0.05) is 23.8 Å². The first-order valence-electron chi connectivity index (χ1n) is 7.35. The van der Waals surface area contributed by atoms with Crippen LogP contribution in [0.25, 0.3) is 0 Å². The van der Waals surface area contributed by atoms with Gasteiger partial charge in [-0.3, -0.25) is 10.1 Å². The molecule has 0 bridgehead atoms. The zero-order valence-corrected chi connectivity index (χ0v) is 15.3. The number of benzene rings is 1. The normalized spacial score (nSPS) is 19.6. The van der Waals surface area contributed by atoms with E-state index in [9.17, 15) is 15.2 Å². The number of anilines is 1. The van der Waals surface area contributed by atoms with Crippen LogP contribution in [0.15, 0.2) is 42.7 Å². The number of aromatic nitrogens is 2. The predicted octanol–water partition coefficient (Wildman–Crippen LogP) is -1.25. The van der Waals surface area contributed by atoms with Gasteiger partial charge >= 0.3 is 5.95 Å². The summed E-state index contributed by atoms with van der Waals surface area (Å²) in [5.74, 6) is 0.667. The van der Waals surface area contributed by atoms with Gasteiger partial charge < -0.3 is 22.1 Å². The molecule has 0 aliphatic carbocycles. The van der Waals surface area contributed by atoms with E-state index in [0.717, 1.165) is 0 Å². The monoisotopic (exact) mass is 394 g/mol. The number of halogens is 1. The van der Waals surface area contributed by atoms with Gasteiger partial charge in [0.2, 0.25) is 5.72 Å². The Bertz CT molecular complexity index is 761. The highest BCUT2D eigenvalue weighted by atomic mass is 79.9. The number of nitrogens with zero attached hydrogens (tertiary/aromatic N) is 4. The van der Waals surface area contributed by atoms with Crippen molar-refractivity contribution in [2.24, 2.45) is 0 Å². The third kappa shape index (κ3) is 2.87. The molecule has 3 rings (SSSR count). The van der Waals surface area contributed by atoms with Crippen LogP contribution in [-0.2, 0) is 12.3 Å². The number of nitro groups is 1. The highest BCUT2D eigenvalue weighted by molar-refractivity contribution is 5.44. The van der Waals surface area contributed by atoms with Gasteiger partial charge in [0.25, 0.3) is 5.69 Å². The summed E-state index contributed by atoms with van der Waals surface area (Å²) in [5, 5.41) is 22.2. The van der Waals surface area contributed by atoms with Gasteiger partial charge in [-0.2, -0.15) is 0 Å². The zero-order chi connectivity index (χ0) is 16.8. The van der Waals surface area contributed by atoms with Gasteiger partial charge in [-0.15, -0.1) is 0 Å². The maximum absolute atomic E-state index is 11.4. The second kappa shape index (κ2) is 6.10. The highest BCUT2D eigenvalue weighted by Crippen LogP contribution is 2.39. The summed E-state index contributed by atoms with van der Waals surface area (Å²) in [6, 6.07) is 7.84. The van der Waals surface area contributed by atoms with Crippen molar-refractivity contribution in [1.82, 2.24) is 4.98 Å². The van der Waals surface area contributed by atoms with Crippen LogP contribution in [0.4, 0.5) is 11.6 Å². The lowest BCUT2D eigenvalue weighted by atomic mass is 9.96. The lowest BCUT2D eigenvalue weighted by Gasteiger charge is -2.37. The van der Waals surface area contributed by atoms with Gasteiger partial charge in [0.15, 0.2) is 0 Å². The van der Waals surface area contributed by atoms with E-state index in [0.29, 0.717) is 18.1 Å². The molecular formula is C16H19BrN4O3. The average molecular weight is 395 g/mol. The molecule has 8 heteroatoms. The maximum atomic E-state index is 11.4. The van der Waals surface area contributed by atoms with Crippen molar-refractivity contribution in [3.8, 4) is 0 Å². The van der Waals surface area contributed by atoms with Crippen molar-refractivity contribution >= 4 is 11.6 Å². The Balaban J connectivity index is 0.00000208. The Morgan fingerprint density at radius 2 is 1.96 bits per heavy atom. The molecule has 0 spiro atoms. The van der Waals surface area contributed by atoms with Crippen molar-refractivity contribution < 1.29 is 31.6 Å². The SMILES string of the molecule is CC(C)(C)N1c2nccc[n+]2C[C@@]1(O)c1ccc([N+](=O)[O-])cc1.[Br-]. The van der Waals surface area contributed by atoms with Crippen LogP contribution >= 0.6 is 0 Å². The minimum Gasteiger partial charge on any atom is -1.00 e. The number of non-ortho nitro benzene ring substituents is 1. The smallest absolute Gasteiger partial charge is 0.397 e. The standard InChI is InChI=1S/C16H19N4O3.BrH/c1-15(2,3)19-14-17-9-4-10-18(14)11-16(19,21)12-5-7-13(8-6-12)20(22)23;/h4-10,21H,11H2,1-3H3;1H/q+1;/p-1/t16-;/m1./s1. The molecular weight excluding hydrogens is 376 g/mol. The molecule has 128 valence electrons. The summed E-state index contributed by atoms with van der Waals surface area (Å²) in [5.41, 5.74) is -1.10. The molecule has 1 aromatic heterocycles. The van der Waals surface area contributed by atoms with Gasteiger partial charge in [0.1, 0.15) is 12.7 Å². The number of hydrogen-bond donors (Lipinski definition) is 1. The van der Waals surface area contributed by atoms with Crippen molar-refractivity contribution in [3.05, 3.63) is 58.4 Å². The van der Waals surface area contributed by atoms with E-state index in [1.54, 1.807) is 18.3 Å². The van der Waals surface area contributed by atoms with Gasteiger partial charge in [-0.25, -0.2) is 9.47 Å². The average Bonchev–Trinajstić information content (AvgIpc) is 2.80. The number of fused-ring (bicyclic) bond motifs is 1. The van der Waals surface area contributed by atoms with Crippen LogP contribution in [0.2, 0.25) is 0 Å². The molecule has 2 aromatic rings. The van der Waals surface area contributed by atoms with E-state index >= 15 is 0 Å². The third-order valence-corrected chi connectivity index (χ3v) is 3.97. The van der Waals surface area contributed by atoms with Crippen LogP contribution in [0, 0.1) is 10.1 Å². The molecule has 7 nitrogen and oxygen atoms in total. The predicted molar refractivity (Wildman–Crippen MR) is 83.7 cm³/mol. The molecule has 0 amide bonds. The minimum absolute atomic E-state index is 0. The summed E-state index contributed by atoms with van der Waals surface area (Å²) in [6.45, 7) is 6.29. The quantitative estimate of drug-likeness (QED) is 0.390. The van der Waals surface area contributed by atoms with Crippen LogP contribution in [0.5, 0.6) is 0 Å². The van der Waals surface area contributed by atoms with E-state index in [2.05, 4.69) is 4.98 Å². The minimum atomic E-state index is -1.31. The molecule has 1 N–H and O–H groups in total. The molecule has 0 saturated heterocycles. The summed E-state index contributed by atoms with van der Waals surface area (Å²) in [7, 11) is 0. The van der Waals surface area contributed by atoms with Crippen molar-refractivity contribution in [1.29, 1.82) is 0 Å². The highest BCUT2D eigenvalue weighted by Gasteiger charge is 2.56. The van der Waals surface area contributed by atoms with Crippen LogP contribution in [0.3, 0.4) is 0 Å². The Morgan fingerprint density at radius 1 is 1.33 bits per heavy atom. The number of rotatable bonds is 2. The molecule has 0 fully saturated rings. The lowest BCUT2D eigenvalue weighted by Crippen LogP contribution is -3.00. The first-order valence-corrected chi connectivity index (χ1v) is 7.35. The molecule has 1 aliphatic rings. The van der Waals surface area contributed by atoms with Crippen molar-refractivity contribution in [3.63, 3.8) is 0 Å². The van der Waals surface area contributed by atoms with Crippen molar-refractivity contribution in [2.75, 3.05) is 4.90 Å². The second-order valence-corrected chi connectivity index (χ2v) is 6.67. The first kappa shape index (κ1) is 18.3. The molecule has 0 radical (unpaired) electrons. The summed E-state index contributed by atoms with van der Waals surface area (Å²) in [4.78, 5) is 16.6. The molecule has 0 unspecified atom stereocenters. The maximum Gasteiger partial charge on any atom is 0.397 e. The second-order valence-electron chi connectivity index (χ2n) is 6.67. The van der Waals surface area contributed by atoms with E-state index in [1.807, 2.05) is 42.5 Å². The van der Waals surface area contributed by atoms with Crippen LogP contribution < -0.4 is 26.4 Å². The number of aliphatic hydroxyl groups is 1. The molecule has 1 atom stereocenters. The molecule has 2 heterocycles. The van der Waals surface area contributed by atoms with E-state index in [1.165, 1.54) is 12.1 Å². The van der Waals surface area contributed by atoms with Gasteiger partial charge in [0.05, 0.1) is 16.7 Å². The summed E-state index contributed by atoms with van der Waals surface area (Å²) in [6.07, 6.45) is 3.55. The van der Waals surface area contributed by atoms with Crippen LogP contribution in [-0.4, -0.2) is 20.6 Å². The van der Waals surface area contributed by atoms with E-state index in [-0.39, 0.29) is 28.2 Å². The van der Waals surface area contributed by atoms with E-state index in [4.69, 9.17) is 0 Å². The Kier molecular flexibility index (Phi) is 4.65. The number of nitro benzene ring substituents is 1. The molecule has 1 aliphatic heterocycles. The topological polar surface area (TPSA) is 83.4 Å². The Labute approximate surface area is 150 Å².